The lowest BCUT2D eigenvalue weighted by Gasteiger charge is -2.16. The van der Waals surface area contributed by atoms with Gasteiger partial charge in [-0.2, -0.15) is 16.8 Å². The smallest absolute Gasteiger partial charge is 0.212 e. The zero-order valence-electron chi connectivity index (χ0n) is 15.8. The molecule has 2 aromatic rings. The zero-order valence-corrected chi connectivity index (χ0v) is 17.4. The molecule has 1 saturated heterocycles. The van der Waals surface area contributed by atoms with Crippen LogP contribution in [0.4, 0.5) is 5.13 Å². The predicted molar refractivity (Wildman–Crippen MR) is 117 cm³/mol. The van der Waals surface area contributed by atoms with Gasteiger partial charge in [-0.15, -0.1) is 11.3 Å². The Morgan fingerprint density at radius 2 is 2.11 bits per heavy atom. The molecular formula is C17H27N9S2. The number of nitrogens with one attached hydrogen (secondary N) is 6. The zero-order chi connectivity index (χ0) is 19.4. The molecule has 0 radical (unpaired) electrons. The van der Waals surface area contributed by atoms with E-state index in [-0.39, 0.29) is 0 Å². The van der Waals surface area contributed by atoms with Gasteiger partial charge in [0.05, 0.1) is 17.7 Å². The van der Waals surface area contributed by atoms with Gasteiger partial charge in [-0.25, -0.2) is 9.97 Å². The van der Waals surface area contributed by atoms with Crippen LogP contribution in [0.15, 0.2) is 22.9 Å². The van der Waals surface area contributed by atoms with Crippen LogP contribution in [0.25, 0.3) is 0 Å². The largest absolute Gasteiger partial charge is 0.357 e. The molecule has 0 amide bonds. The van der Waals surface area contributed by atoms with E-state index in [1.165, 1.54) is 0 Å². The molecule has 0 spiro atoms. The molecule has 0 saturated carbocycles. The van der Waals surface area contributed by atoms with Crippen molar-refractivity contribution in [2.75, 3.05) is 31.9 Å². The molecule has 0 aliphatic carbocycles. The summed E-state index contributed by atoms with van der Waals surface area (Å²) in [5.74, 6) is 2.97. The van der Waals surface area contributed by atoms with Crippen molar-refractivity contribution in [1.82, 2.24) is 36.2 Å². The molecule has 2 aromatic heterocycles. The van der Waals surface area contributed by atoms with Crippen molar-refractivity contribution in [1.29, 1.82) is 5.41 Å². The Morgan fingerprint density at radius 3 is 2.93 bits per heavy atom. The number of aromatic amines is 1. The van der Waals surface area contributed by atoms with Gasteiger partial charge in [0.2, 0.25) is 5.13 Å². The summed E-state index contributed by atoms with van der Waals surface area (Å²) in [7, 11) is 0. The van der Waals surface area contributed by atoms with E-state index in [9.17, 15) is 0 Å². The number of aliphatic imine (C=N–C) groups is 1. The Hall–Kier alpha value is -2.27. The Balaban J connectivity index is 1.22. The molecule has 3 heterocycles. The Bertz CT molecular complexity index is 734. The van der Waals surface area contributed by atoms with E-state index in [4.69, 9.17) is 5.41 Å². The molecule has 9 nitrogen and oxygen atoms in total. The molecule has 11 heteroatoms. The minimum absolute atomic E-state index is 0.377. The highest BCUT2D eigenvalue weighted by molar-refractivity contribution is 7.98. The SMILES string of the molecule is N=C(NCCCc1c[nH]cn1)NCCSCc1csc(N=C2NCCCN2)n1. The lowest BCUT2D eigenvalue weighted by Crippen LogP contribution is -2.43. The van der Waals surface area contributed by atoms with Crippen LogP contribution in [-0.2, 0) is 12.2 Å². The number of guanidine groups is 2. The van der Waals surface area contributed by atoms with Crippen molar-refractivity contribution in [2.45, 2.75) is 25.0 Å². The fraction of sp³-hybridized carbons (Fsp3) is 0.529. The minimum Gasteiger partial charge on any atom is -0.357 e. The Kier molecular flexibility index (Phi) is 8.44. The highest BCUT2D eigenvalue weighted by Crippen LogP contribution is 2.21. The van der Waals surface area contributed by atoms with E-state index in [0.29, 0.717) is 5.96 Å². The second-order valence-electron chi connectivity index (χ2n) is 6.23. The fourth-order valence-corrected chi connectivity index (χ4v) is 4.10. The molecule has 6 N–H and O–H groups in total. The number of hydrogen-bond acceptors (Lipinski definition) is 6. The molecule has 0 unspecified atom stereocenters. The average molecular weight is 422 g/mol. The third-order valence-corrected chi connectivity index (χ3v) is 5.73. The highest BCUT2D eigenvalue weighted by atomic mass is 32.2. The van der Waals surface area contributed by atoms with Crippen molar-refractivity contribution in [3.8, 4) is 0 Å². The topological polar surface area (TPSA) is 126 Å². The van der Waals surface area contributed by atoms with Gasteiger partial charge >= 0.3 is 0 Å². The van der Waals surface area contributed by atoms with Gasteiger partial charge in [0.1, 0.15) is 0 Å². The molecular weight excluding hydrogens is 394 g/mol. The number of thiazole rings is 1. The maximum absolute atomic E-state index is 7.88. The van der Waals surface area contributed by atoms with Crippen molar-refractivity contribution in [3.05, 3.63) is 29.3 Å². The van der Waals surface area contributed by atoms with Crippen molar-refractivity contribution < 1.29 is 0 Å². The van der Waals surface area contributed by atoms with Gasteiger partial charge in [0.25, 0.3) is 0 Å². The van der Waals surface area contributed by atoms with E-state index in [2.05, 4.69) is 46.6 Å². The van der Waals surface area contributed by atoms with E-state index in [0.717, 1.165) is 79.4 Å². The number of aryl methyl sites for hydroxylation is 1. The van der Waals surface area contributed by atoms with Crippen LogP contribution >= 0.6 is 23.1 Å². The van der Waals surface area contributed by atoms with Gasteiger partial charge in [-0.05, 0) is 19.3 Å². The standard InChI is InChI=1S/C17H27N9S2/c18-15(20-4-1-3-13-9-19-12-24-13)21-7-8-27-10-14-11-28-17(25-14)26-16-22-5-2-6-23-16/h9,11-12H,1-8,10H2,(H,19,24)(H3,18,20,21)(H2,22,23,25,26). The van der Waals surface area contributed by atoms with E-state index < -0.39 is 0 Å². The van der Waals surface area contributed by atoms with E-state index in [1.807, 2.05) is 6.20 Å². The lowest BCUT2D eigenvalue weighted by molar-refractivity contribution is 0.668. The van der Waals surface area contributed by atoms with Crippen LogP contribution in [0.5, 0.6) is 0 Å². The van der Waals surface area contributed by atoms with Gasteiger partial charge in [-0.1, -0.05) is 0 Å². The summed E-state index contributed by atoms with van der Waals surface area (Å²) in [6, 6.07) is 0. The molecule has 1 fully saturated rings. The van der Waals surface area contributed by atoms with Crippen LogP contribution < -0.4 is 21.3 Å². The van der Waals surface area contributed by atoms with Crippen LogP contribution in [0.2, 0.25) is 0 Å². The number of imidazole rings is 1. The quantitative estimate of drug-likeness (QED) is 0.195. The second kappa shape index (κ2) is 11.5. The predicted octanol–water partition coefficient (Wildman–Crippen LogP) is 1.42. The highest BCUT2D eigenvalue weighted by Gasteiger charge is 2.07. The first kappa shape index (κ1) is 20.5. The number of nitrogens with zero attached hydrogens (tertiary/aromatic N) is 3. The second-order valence-corrected chi connectivity index (χ2v) is 8.18. The summed E-state index contributed by atoms with van der Waals surface area (Å²) in [6.45, 7) is 3.43. The first-order chi connectivity index (χ1) is 13.8. The van der Waals surface area contributed by atoms with E-state index >= 15 is 0 Å². The van der Waals surface area contributed by atoms with Gasteiger partial charge in [0, 0.05) is 49.3 Å². The summed E-state index contributed by atoms with van der Waals surface area (Å²) in [5.41, 5.74) is 2.11. The molecule has 0 atom stereocenters. The van der Waals surface area contributed by atoms with Crippen LogP contribution in [0, 0.1) is 5.41 Å². The summed E-state index contributed by atoms with van der Waals surface area (Å²) >= 11 is 3.36. The first-order valence-corrected chi connectivity index (χ1v) is 11.5. The molecule has 1 aliphatic rings. The van der Waals surface area contributed by atoms with Crippen LogP contribution in [0.1, 0.15) is 24.2 Å². The van der Waals surface area contributed by atoms with Gasteiger partial charge in [-0.3, -0.25) is 5.41 Å². The molecule has 152 valence electrons. The fourth-order valence-electron chi connectivity index (χ4n) is 2.55. The Morgan fingerprint density at radius 1 is 1.25 bits per heavy atom. The van der Waals surface area contributed by atoms with Crippen LogP contribution in [-0.4, -0.2) is 58.8 Å². The summed E-state index contributed by atoms with van der Waals surface area (Å²) in [6.07, 6.45) is 6.57. The number of H-pyrrole nitrogens is 1. The molecule has 0 aromatic carbocycles. The molecule has 28 heavy (non-hydrogen) atoms. The maximum Gasteiger partial charge on any atom is 0.212 e. The summed E-state index contributed by atoms with van der Waals surface area (Å²) < 4.78 is 0. The van der Waals surface area contributed by atoms with Crippen molar-refractivity contribution >= 4 is 40.1 Å². The summed E-state index contributed by atoms with van der Waals surface area (Å²) in [4.78, 5) is 16.2. The third kappa shape index (κ3) is 7.39. The number of rotatable bonds is 10. The molecule has 1 aliphatic heterocycles. The third-order valence-electron chi connectivity index (χ3n) is 3.95. The molecule has 0 bridgehead atoms. The van der Waals surface area contributed by atoms with Gasteiger partial charge < -0.3 is 26.3 Å². The Labute approximate surface area is 173 Å². The van der Waals surface area contributed by atoms with Gasteiger partial charge in [0.15, 0.2) is 11.9 Å². The average Bonchev–Trinajstić information content (AvgIpc) is 3.38. The number of hydrogen-bond donors (Lipinski definition) is 6. The monoisotopic (exact) mass is 421 g/mol. The minimum atomic E-state index is 0.377. The number of thioether (sulfide) groups is 1. The number of aromatic nitrogens is 3. The lowest BCUT2D eigenvalue weighted by atomic mass is 10.2. The summed E-state index contributed by atoms with van der Waals surface area (Å²) in [5, 5.41) is 23.4. The van der Waals surface area contributed by atoms with Crippen LogP contribution in [0.3, 0.4) is 0 Å². The van der Waals surface area contributed by atoms with Crippen molar-refractivity contribution in [3.63, 3.8) is 0 Å². The van der Waals surface area contributed by atoms with Crippen molar-refractivity contribution in [2.24, 2.45) is 4.99 Å². The maximum atomic E-state index is 7.88. The normalized spacial score (nSPS) is 13.5. The van der Waals surface area contributed by atoms with E-state index in [1.54, 1.807) is 29.4 Å². The molecule has 3 rings (SSSR count). The first-order valence-electron chi connectivity index (χ1n) is 9.42.